The molecule has 2 aliphatic heterocycles. The number of methoxy groups -OCH3 is 1. The molecule has 2 saturated heterocycles. The van der Waals surface area contributed by atoms with Gasteiger partial charge < -0.3 is 10.5 Å². The zero-order valence-corrected chi connectivity index (χ0v) is 12.0. The lowest BCUT2D eigenvalue weighted by atomic mass is 9.84. The quantitative estimate of drug-likeness (QED) is 0.716. The normalized spacial score (nSPS) is 33.0. The minimum atomic E-state index is 0.216. The lowest BCUT2D eigenvalue weighted by molar-refractivity contribution is 0.0500. The van der Waals surface area contributed by atoms with Gasteiger partial charge in [-0.15, -0.1) is 0 Å². The summed E-state index contributed by atoms with van der Waals surface area (Å²) in [4.78, 5) is 5.19. The van der Waals surface area contributed by atoms with E-state index in [2.05, 4.69) is 16.8 Å². The Morgan fingerprint density at radius 1 is 1.39 bits per heavy atom. The van der Waals surface area contributed by atoms with Crippen molar-refractivity contribution in [2.45, 2.75) is 43.7 Å². The maximum atomic E-state index is 6.18. The predicted octanol–water partition coefficient (Wildman–Crippen LogP) is 0.910. The van der Waals surface area contributed by atoms with Crippen LogP contribution in [0.2, 0.25) is 0 Å². The molecule has 0 bridgehead atoms. The number of nitrogens with two attached hydrogens (primary N) is 1. The van der Waals surface area contributed by atoms with Gasteiger partial charge in [-0.1, -0.05) is 6.42 Å². The monoisotopic (exact) mass is 255 g/mol. The van der Waals surface area contributed by atoms with E-state index >= 15 is 0 Å². The number of likely N-dealkylation sites (N-methyl/N-ethyl adjacent to an activating group) is 1. The lowest BCUT2D eigenvalue weighted by Gasteiger charge is -2.46. The van der Waals surface area contributed by atoms with Crippen LogP contribution >= 0.6 is 0 Å². The SMILES string of the molecule is COCCCN(C)C1(CN)CCN2CCCCC21. The van der Waals surface area contributed by atoms with Crippen molar-refractivity contribution < 1.29 is 4.74 Å². The van der Waals surface area contributed by atoms with Gasteiger partial charge in [0.1, 0.15) is 0 Å². The fourth-order valence-electron chi connectivity index (χ4n) is 3.88. The summed E-state index contributed by atoms with van der Waals surface area (Å²) in [6.07, 6.45) is 6.39. The Morgan fingerprint density at radius 3 is 2.94 bits per heavy atom. The Morgan fingerprint density at radius 2 is 2.22 bits per heavy atom. The van der Waals surface area contributed by atoms with Gasteiger partial charge in [0, 0.05) is 44.9 Å². The first-order valence-corrected chi connectivity index (χ1v) is 7.39. The number of hydrogen-bond donors (Lipinski definition) is 1. The molecule has 0 aromatic heterocycles. The number of piperidine rings is 1. The molecule has 2 aliphatic rings. The van der Waals surface area contributed by atoms with E-state index in [1.165, 1.54) is 38.8 Å². The number of nitrogens with zero attached hydrogens (tertiary/aromatic N) is 2. The zero-order valence-electron chi connectivity index (χ0n) is 12.0. The van der Waals surface area contributed by atoms with E-state index in [1.54, 1.807) is 7.11 Å². The Balaban J connectivity index is 2.00. The van der Waals surface area contributed by atoms with Gasteiger partial charge in [-0.3, -0.25) is 9.80 Å². The van der Waals surface area contributed by atoms with Gasteiger partial charge >= 0.3 is 0 Å². The van der Waals surface area contributed by atoms with Gasteiger partial charge in [0.2, 0.25) is 0 Å². The smallest absolute Gasteiger partial charge is 0.0496 e. The minimum Gasteiger partial charge on any atom is -0.385 e. The molecule has 2 atom stereocenters. The second kappa shape index (κ2) is 6.33. The Bertz CT molecular complexity index is 261. The molecule has 106 valence electrons. The first-order chi connectivity index (χ1) is 8.74. The third kappa shape index (κ3) is 2.57. The summed E-state index contributed by atoms with van der Waals surface area (Å²) in [7, 11) is 4.03. The van der Waals surface area contributed by atoms with Crippen LogP contribution in [0, 0.1) is 0 Å². The van der Waals surface area contributed by atoms with Crippen molar-refractivity contribution in [3.63, 3.8) is 0 Å². The molecule has 4 heteroatoms. The molecule has 0 aromatic rings. The van der Waals surface area contributed by atoms with Crippen molar-refractivity contribution in [1.29, 1.82) is 0 Å². The zero-order chi connectivity index (χ0) is 13.0. The van der Waals surface area contributed by atoms with Crippen LogP contribution in [0.25, 0.3) is 0 Å². The van der Waals surface area contributed by atoms with Crippen molar-refractivity contribution in [3.05, 3.63) is 0 Å². The average Bonchev–Trinajstić information content (AvgIpc) is 2.79. The van der Waals surface area contributed by atoms with Crippen LogP contribution in [0.15, 0.2) is 0 Å². The summed E-state index contributed by atoms with van der Waals surface area (Å²) in [5.74, 6) is 0. The van der Waals surface area contributed by atoms with E-state index in [1.807, 2.05) is 0 Å². The highest BCUT2D eigenvalue weighted by Crippen LogP contribution is 2.38. The Kier molecular flexibility index (Phi) is 5.01. The molecule has 0 amide bonds. The Labute approximate surface area is 111 Å². The molecule has 2 rings (SSSR count). The standard InChI is InChI=1S/C14H29N3O/c1-16(8-5-11-18-2)14(12-15)7-10-17-9-4-3-6-13(14)17/h13H,3-12,15H2,1-2H3. The minimum absolute atomic E-state index is 0.216. The van der Waals surface area contributed by atoms with Crippen LogP contribution in [0.4, 0.5) is 0 Å². The van der Waals surface area contributed by atoms with Gasteiger partial charge in [0.05, 0.1) is 0 Å². The van der Waals surface area contributed by atoms with Crippen molar-refractivity contribution in [2.24, 2.45) is 5.73 Å². The molecular weight excluding hydrogens is 226 g/mol. The fraction of sp³-hybridized carbons (Fsp3) is 1.00. The largest absolute Gasteiger partial charge is 0.385 e. The second-order valence-corrected chi connectivity index (χ2v) is 5.87. The van der Waals surface area contributed by atoms with E-state index in [9.17, 15) is 0 Å². The third-order valence-corrected chi connectivity index (χ3v) is 5.02. The van der Waals surface area contributed by atoms with Gasteiger partial charge in [0.25, 0.3) is 0 Å². The lowest BCUT2D eigenvalue weighted by Crippen LogP contribution is -2.60. The molecule has 18 heavy (non-hydrogen) atoms. The molecule has 4 nitrogen and oxygen atoms in total. The molecule has 0 aliphatic carbocycles. The molecule has 0 radical (unpaired) electrons. The number of ether oxygens (including phenoxy) is 1. The highest BCUT2D eigenvalue weighted by atomic mass is 16.5. The molecular formula is C14H29N3O. The van der Waals surface area contributed by atoms with Gasteiger partial charge in [0.15, 0.2) is 0 Å². The average molecular weight is 255 g/mol. The van der Waals surface area contributed by atoms with Crippen LogP contribution in [-0.2, 0) is 4.74 Å². The van der Waals surface area contributed by atoms with E-state index in [0.717, 1.165) is 26.1 Å². The van der Waals surface area contributed by atoms with Crippen LogP contribution in [0.1, 0.15) is 32.1 Å². The summed E-state index contributed by atoms with van der Waals surface area (Å²) in [5.41, 5.74) is 6.40. The molecule has 2 unspecified atom stereocenters. The van der Waals surface area contributed by atoms with Gasteiger partial charge in [-0.25, -0.2) is 0 Å². The first kappa shape index (κ1) is 14.3. The van der Waals surface area contributed by atoms with E-state index in [-0.39, 0.29) is 5.54 Å². The summed E-state index contributed by atoms with van der Waals surface area (Å²) in [6, 6.07) is 0.684. The van der Waals surface area contributed by atoms with Crippen molar-refractivity contribution in [1.82, 2.24) is 9.80 Å². The molecule has 0 spiro atoms. The van der Waals surface area contributed by atoms with Crippen molar-refractivity contribution >= 4 is 0 Å². The predicted molar refractivity (Wildman–Crippen MR) is 74.7 cm³/mol. The number of rotatable bonds is 6. The summed E-state index contributed by atoms with van der Waals surface area (Å²) < 4.78 is 5.16. The van der Waals surface area contributed by atoms with Crippen LogP contribution in [-0.4, -0.2) is 68.3 Å². The number of fused-ring (bicyclic) bond motifs is 1. The maximum absolute atomic E-state index is 6.18. The summed E-state index contributed by atoms with van der Waals surface area (Å²) >= 11 is 0. The Hall–Kier alpha value is -0.160. The highest BCUT2D eigenvalue weighted by Gasteiger charge is 2.49. The van der Waals surface area contributed by atoms with E-state index in [0.29, 0.717) is 6.04 Å². The van der Waals surface area contributed by atoms with Crippen molar-refractivity contribution in [3.8, 4) is 0 Å². The summed E-state index contributed by atoms with van der Waals surface area (Å²) in [5, 5.41) is 0. The van der Waals surface area contributed by atoms with Gasteiger partial charge in [-0.2, -0.15) is 0 Å². The molecule has 2 heterocycles. The highest BCUT2D eigenvalue weighted by molar-refractivity contribution is 5.08. The summed E-state index contributed by atoms with van der Waals surface area (Å²) in [6.45, 7) is 5.24. The molecule has 2 fully saturated rings. The fourth-order valence-corrected chi connectivity index (χ4v) is 3.88. The molecule has 2 N–H and O–H groups in total. The van der Waals surface area contributed by atoms with E-state index in [4.69, 9.17) is 10.5 Å². The molecule has 0 saturated carbocycles. The van der Waals surface area contributed by atoms with Crippen LogP contribution < -0.4 is 5.73 Å². The second-order valence-electron chi connectivity index (χ2n) is 5.87. The van der Waals surface area contributed by atoms with Crippen LogP contribution in [0.3, 0.4) is 0 Å². The topological polar surface area (TPSA) is 41.7 Å². The third-order valence-electron chi connectivity index (χ3n) is 5.02. The molecule has 0 aromatic carbocycles. The van der Waals surface area contributed by atoms with E-state index < -0.39 is 0 Å². The number of hydrogen-bond acceptors (Lipinski definition) is 4. The van der Waals surface area contributed by atoms with Crippen molar-refractivity contribution in [2.75, 3.05) is 46.9 Å². The first-order valence-electron chi connectivity index (χ1n) is 7.39. The van der Waals surface area contributed by atoms with Crippen LogP contribution in [0.5, 0.6) is 0 Å². The maximum Gasteiger partial charge on any atom is 0.0496 e. The van der Waals surface area contributed by atoms with Gasteiger partial charge in [-0.05, 0) is 39.3 Å².